The fraction of sp³-hybridized carbons (Fsp3) is 0.389. The highest BCUT2D eigenvalue weighted by atomic mass is 79.9. The topological polar surface area (TPSA) is 58.8 Å². The number of furan rings is 1. The van der Waals surface area contributed by atoms with Crippen LogP contribution in [0.2, 0.25) is 0 Å². The van der Waals surface area contributed by atoms with Crippen LogP contribution in [0.25, 0.3) is 0 Å². The molecule has 0 bridgehead atoms. The summed E-state index contributed by atoms with van der Waals surface area (Å²) in [6.07, 6.45) is 3.46. The molecule has 2 aromatic rings. The number of rotatable bonds is 9. The SMILES string of the molecule is COCCCNC(=NCc1ccc(Br)cc1)NCCc1ccco1. The van der Waals surface area contributed by atoms with Crippen molar-refractivity contribution in [2.75, 3.05) is 26.8 Å². The Morgan fingerprint density at radius 2 is 1.96 bits per heavy atom. The van der Waals surface area contributed by atoms with Crippen LogP contribution in [0.3, 0.4) is 0 Å². The van der Waals surface area contributed by atoms with Crippen LogP contribution in [-0.2, 0) is 17.7 Å². The van der Waals surface area contributed by atoms with Gasteiger partial charge in [0.2, 0.25) is 0 Å². The Hall–Kier alpha value is -1.79. The average molecular weight is 394 g/mol. The summed E-state index contributed by atoms with van der Waals surface area (Å²) in [5, 5.41) is 6.68. The number of hydrogen-bond acceptors (Lipinski definition) is 3. The summed E-state index contributed by atoms with van der Waals surface area (Å²) in [7, 11) is 1.71. The molecule has 130 valence electrons. The number of hydrogen-bond donors (Lipinski definition) is 2. The second kappa shape index (κ2) is 10.9. The van der Waals surface area contributed by atoms with E-state index in [1.54, 1.807) is 13.4 Å². The van der Waals surface area contributed by atoms with Crippen LogP contribution in [0.1, 0.15) is 17.7 Å². The van der Waals surface area contributed by atoms with E-state index in [1.165, 1.54) is 5.56 Å². The van der Waals surface area contributed by atoms with Crippen LogP contribution in [0.5, 0.6) is 0 Å². The minimum absolute atomic E-state index is 0.633. The molecule has 0 unspecified atom stereocenters. The molecule has 0 saturated carbocycles. The van der Waals surface area contributed by atoms with Gasteiger partial charge in [0.05, 0.1) is 12.8 Å². The summed E-state index contributed by atoms with van der Waals surface area (Å²) in [5.74, 6) is 1.77. The Balaban J connectivity index is 1.85. The number of benzene rings is 1. The average Bonchev–Trinajstić information content (AvgIpc) is 3.11. The number of nitrogens with zero attached hydrogens (tertiary/aromatic N) is 1. The van der Waals surface area contributed by atoms with Gasteiger partial charge in [0, 0.05) is 37.7 Å². The van der Waals surface area contributed by atoms with Crippen LogP contribution < -0.4 is 10.6 Å². The van der Waals surface area contributed by atoms with E-state index in [1.807, 2.05) is 24.3 Å². The number of aliphatic imine (C=N–C) groups is 1. The molecular weight excluding hydrogens is 370 g/mol. The molecule has 0 aliphatic carbocycles. The lowest BCUT2D eigenvalue weighted by Crippen LogP contribution is -2.39. The Bertz CT molecular complexity index is 597. The Morgan fingerprint density at radius 1 is 1.17 bits per heavy atom. The standard InChI is InChI=1S/C18H24BrN3O2/c1-23-12-3-10-20-18(21-11-9-17-4-2-13-24-17)22-14-15-5-7-16(19)8-6-15/h2,4-8,13H,3,9-12,14H2,1H3,(H2,20,21,22). The largest absolute Gasteiger partial charge is 0.469 e. The predicted molar refractivity (Wildman–Crippen MR) is 100 cm³/mol. The maximum Gasteiger partial charge on any atom is 0.191 e. The molecule has 5 nitrogen and oxygen atoms in total. The van der Waals surface area contributed by atoms with Crippen molar-refractivity contribution >= 4 is 21.9 Å². The lowest BCUT2D eigenvalue weighted by atomic mass is 10.2. The Morgan fingerprint density at radius 3 is 2.67 bits per heavy atom. The second-order valence-corrected chi connectivity index (χ2v) is 6.24. The third-order valence-electron chi connectivity index (χ3n) is 3.39. The van der Waals surface area contributed by atoms with Crippen molar-refractivity contribution in [2.24, 2.45) is 4.99 Å². The van der Waals surface area contributed by atoms with Gasteiger partial charge in [-0.05, 0) is 36.2 Å². The third kappa shape index (κ3) is 7.19. The molecule has 1 heterocycles. The van der Waals surface area contributed by atoms with Gasteiger partial charge >= 0.3 is 0 Å². The molecule has 0 spiro atoms. The van der Waals surface area contributed by atoms with Gasteiger partial charge in [0.15, 0.2) is 5.96 Å². The molecule has 0 aliphatic rings. The van der Waals surface area contributed by atoms with E-state index in [0.29, 0.717) is 6.54 Å². The van der Waals surface area contributed by atoms with Gasteiger partial charge in [-0.25, -0.2) is 4.99 Å². The summed E-state index contributed by atoms with van der Waals surface area (Å²) < 4.78 is 11.5. The van der Waals surface area contributed by atoms with Gasteiger partial charge in [-0.2, -0.15) is 0 Å². The van der Waals surface area contributed by atoms with Crippen LogP contribution in [0, 0.1) is 0 Å². The van der Waals surface area contributed by atoms with E-state index in [4.69, 9.17) is 9.15 Å². The Kier molecular flexibility index (Phi) is 8.41. The van der Waals surface area contributed by atoms with E-state index >= 15 is 0 Å². The number of nitrogens with one attached hydrogen (secondary N) is 2. The van der Waals surface area contributed by atoms with Gasteiger partial charge in [0.25, 0.3) is 0 Å². The smallest absolute Gasteiger partial charge is 0.191 e. The molecule has 2 N–H and O–H groups in total. The molecule has 1 aromatic carbocycles. The zero-order chi connectivity index (χ0) is 17.0. The molecular formula is C18H24BrN3O2. The lowest BCUT2D eigenvalue weighted by Gasteiger charge is -2.12. The minimum atomic E-state index is 0.633. The molecule has 24 heavy (non-hydrogen) atoms. The summed E-state index contributed by atoms with van der Waals surface area (Å²) in [6, 6.07) is 12.1. The maximum atomic E-state index is 5.35. The molecule has 6 heteroatoms. The van der Waals surface area contributed by atoms with Gasteiger partial charge in [-0.1, -0.05) is 28.1 Å². The fourth-order valence-electron chi connectivity index (χ4n) is 2.12. The summed E-state index contributed by atoms with van der Waals surface area (Å²) in [6.45, 7) is 2.96. The zero-order valence-corrected chi connectivity index (χ0v) is 15.5. The van der Waals surface area contributed by atoms with Crippen molar-refractivity contribution in [1.82, 2.24) is 10.6 Å². The Labute approximate surface area is 151 Å². The van der Waals surface area contributed by atoms with Gasteiger partial charge in [-0.15, -0.1) is 0 Å². The van der Waals surface area contributed by atoms with Gasteiger partial charge in [-0.3, -0.25) is 0 Å². The van der Waals surface area contributed by atoms with Crippen molar-refractivity contribution in [3.63, 3.8) is 0 Å². The molecule has 0 atom stereocenters. The summed E-state index contributed by atoms with van der Waals surface area (Å²) in [5.41, 5.74) is 1.17. The van der Waals surface area contributed by atoms with Crippen molar-refractivity contribution in [3.05, 3.63) is 58.5 Å². The van der Waals surface area contributed by atoms with Gasteiger partial charge < -0.3 is 19.8 Å². The minimum Gasteiger partial charge on any atom is -0.469 e. The molecule has 0 amide bonds. The first kappa shape index (κ1) is 18.5. The first-order valence-electron chi connectivity index (χ1n) is 8.06. The highest BCUT2D eigenvalue weighted by molar-refractivity contribution is 9.10. The number of ether oxygens (including phenoxy) is 1. The van der Waals surface area contributed by atoms with E-state index in [2.05, 4.69) is 43.7 Å². The van der Waals surface area contributed by atoms with Crippen LogP contribution in [-0.4, -0.2) is 32.8 Å². The normalized spacial score (nSPS) is 11.5. The predicted octanol–water partition coefficient (Wildman–Crippen LogP) is 3.36. The molecule has 0 saturated heterocycles. The van der Waals surface area contributed by atoms with E-state index < -0.39 is 0 Å². The number of guanidine groups is 1. The zero-order valence-electron chi connectivity index (χ0n) is 13.9. The van der Waals surface area contributed by atoms with E-state index in [0.717, 1.165) is 48.7 Å². The maximum absolute atomic E-state index is 5.35. The number of halogens is 1. The highest BCUT2D eigenvalue weighted by Crippen LogP contribution is 2.11. The molecule has 0 radical (unpaired) electrons. The van der Waals surface area contributed by atoms with Crippen molar-refractivity contribution in [1.29, 1.82) is 0 Å². The highest BCUT2D eigenvalue weighted by Gasteiger charge is 2.01. The van der Waals surface area contributed by atoms with Crippen molar-refractivity contribution < 1.29 is 9.15 Å². The number of methoxy groups -OCH3 is 1. The second-order valence-electron chi connectivity index (χ2n) is 5.32. The fourth-order valence-corrected chi connectivity index (χ4v) is 2.38. The quantitative estimate of drug-likeness (QED) is 0.389. The first-order chi connectivity index (χ1) is 11.8. The molecule has 1 aromatic heterocycles. The van der Waals surface area contributed by atoms with Crippen molar-refractivity contribution in [3.8, 4) is 0 Å². The van der Waals surface area contributed by atoms with Crippen LogP contribution in [0.15, 0.2) is 56.5 Å². The lowest BCUT2D eigenvalue weighted by molar-refractivity contribution is 0.195. The van der Waals surface area contributed by atoms with E-state index in [9.17, 15) is 0 Å². The van der Waals surface area contributed by atoms with E-state index in [-0.39, 0.29) is 0 Å². The van der Waals surface area contributed by atoms with Gasteiger partial charge in [0.1, 0.15) is 5.76 Å². The molecule has 0 fully saturated rings. The summed E-state index contributed by atoms with van der Waals surface area (Å²) in [4.78, 5) is 4.65. The van der Waals surface area contributed by atoms with Crippen molar-refractivity contribution in [2.45, 2.75) is 19.4 Å². The van der Waals surface area contributed by atoms with Crippen LogP contribution >= 0.6 is 15.9 Å². The third-order valence-corrected chi connectivity index (χ3v) is 3.92. The first-order valence-corrected chi connectivity index (χ1v) is 8.85. The summed E-state index contributed by atoms with van der Waals surface area (Å²) >= 11 is 3.45. The molecule has 2 rings (SSSR count). The molecule has 0 aliphatic heterocycles. The monoisotopic (exact) mass is 393 g/mol. The van der Waals surface area contributed by atoms with Crippen LogP contribution in [0.4, 0.5) is 0 Å².